The van der Waals surface area contributed by atoms with Crippen molar-refractivity contribution >= 4 is 0 Å². The highest BCUT2D eigenvalue weighted by atomic mass is 14.6. The zero-order chi connectivity index (χ0) is 26.9. The van der Waals surface area contributed by atoms with Crippen LogP contribution in [0.3, 0.4) is 0 Å². The normalized spacial score (nSPS) is 15.2. The van der Waals surface area contributed by atoms with E-state index in [4.69, 9.17) is 0 Å². The van der Waals surface area contributed by atoms with Crippen molar-refractivity contribution in [3.63, 3.8) is 0 Å². The largest absolute Gasteiger partial charge is 0.264 e. The Morgan fingerprint density at radius 3 is 1.57 bits per heavy atom. The number of benzene rings is 5. The Kier molecular flexibility index (Phi) is 4.85. The Labute approximate surface area is 235 Å². The highest BCUT2D eigenvalue weighted by Crippen LogP contribution is 2.62. The van der Waals surface area contributed by atoms with Crippen LogP contribution >= 0.6 is 0 Å². The van der Waals surface area contributed by atoms with Crippen molar-refractivity contribution in [3.8, 4) is 33.4 Å². The third kappa shape index (κ3) is 2.95. The number of pyridine rings is 1. The van der Waals surface area contributed by atoms with Crippen LogP contribution in [0.15, 0.2) is 140 Å². The maximum Gasteiger partial charge on any atom is 0.0719 e. The van der Waals surface area contributed by atoms with E-state index in [1.54, 1.807) is 0 Å². The molecule has 1 heteroatoms. The van der Waals surface area contributed by atoms with Gasteiger partial charge in [-0.3, -0.25) is 4.98 Å². The first-order valence-corrected chi connectivity index (χ1v) is 14.1. The van der Waals surface area contributed by atoms with E-state index < -0.39 is 0 Å². The van der Waals surface area contributed by atoms with Crippen LogP contribution in [0.5, 0.6) is 0 Å². The Bertz CT molecular complexity index is 1880. The highest BCUT2D eigenvalue weighted by molar-refractivity contribution is 5.92. The minimum absolute atomic E-state index is 0.0966. The van der Waals surface area contributed by atoms with Crippen LogP contribution in [0.4, 0.5) is 0 Å². The van der Waals surface area contributed by atoms with Gasteiger partial charge in [0.15, 0.2) is 0 Å². The van der Waals surface area contributed by atoms with E-state index in [0.717, 1.165) is 5.56 Å². The van der Waals surface area contributed by atoms with Crippen molar-refractivity contribution in [3.05, 3.63) is 173 Å². The van der Waals surface area contributed by atoms with Crippen molar-refractivity contribution < 1.29 is 0 Å². The number of aromatic nitrogens is 1. The van der Waals surface area contributed by atoms with Crippen LogP contribution in [0.25, 0.3) is 33.4 Å². The van der Waals surface area contributed by atoms with E-state index in [2.05, 4.69) is 140 Å². The van der Waals surface area contributed by atoms with E-state index in [9.17, 15) is 0 Å². The van der Waals surface area contributed by atoms with Crippen molar-refractivity contribution in [2.24, 2.45) is 0 Å². The van der Waals surface area contributed by atoms with Crippen molar-refractivity contribution in [2.75, 3.05) is 0 Å². The average Bonchev–Trinajstić information content (AvgIpc) is 3.31. The molecule has 0 N–H and O–H groups in total. The molecule has 0 aliphatic heterocycles. The fraction of sp³-hybridized carbons (Fsp3) is 0.103. The van der Waals surface area contributed by atoms with Crippen molar-refractivity contribution in [2.45, 2.75) is 24.7 Å². The SMILES string of the molecule is CC1(C)c2ccccc2C2(c3ccccc3-c3ccc(-c4ccccc4-c4cccnc4)cc32)c2ccccc21. The predicted molar refractivity (Wildman–Crippen MR) is 165 cm³/mol. The summed E-state index contributed by atoms with van der Waals surface area (Å²) in [6, 6.07) is 47.3. The lowest BCUT2D eigenvalue weighted by molar-refractivity contribution is 0.563. The molecular weight excluding hydrogens is 482 g/mol. The molecule has 5 aromatic carbocycles. The number of hydrogen-bond donors (Lipinski definition) is 0. The fourth-order valence-electron chi connectivity index (χ4n) is 7.54. The second-order valence-corrected chi connectivity index (χ2v) is 11.6. The van der Waals surface area contributed by atoms with E-state index >= 15 is 0 Å². The zero-order valence-corrected chi connectivity index (χ0v) is 22.7. The molecule has 190 valence electrons. The first kappa shape index (κ1) is 23.2. The van der Waals surface area contributed by atoms with Gasteiger partial charge in [0.25, 0.3) is 0 Å². The van der Waals surface area contributed by atoms with Gasteiger partial charge in [-0.1, -0.05) is 129 Å². The minimum Gasteiger partial charge on any atom is -0.264 e. The van der Waals surface area contributed by atoms with E-state index in [0.29, 0.717) is 0 Å². The standard InChI is InChI=1S/C39H29N/c1-38(2)33-17-7-9-19-35(33)39(36-20-10-8-18-34(36)38)32-16-6-5-15-30(32)31-22-21-26(24-37(31)39)28-13-3-4-14-29(28)27-12-11-23-40-25-27/h3-25H,1-2H3. The molecule has 0 atom stereocenters. The molecule has 0 amide bonds. The Morgan fingerprint density at radius 1 is 0.425 bits per heavy atom. The Hall–Kier alpha value is -4.75. The molecule has 0 saturated carbocycles. The molecule has 8 rings (SSSR count). The smallest absolute Gasteiger partial charge is 0.0719 e. The summed E-state index contributed by atoms with van der Waals surface area (Å²) >= 11 is 0. The van der Waals surface area contributed by atoms with Gasteiger partial charge in [0.2, 0.25) is 0 Å². The molecule has 1 spiro atoms. The van der Waals surface area contributed by atoms with Gasteiger partial charge < -0.3 is 0 Å². The summed E-state index contributed by atoms with van der Waals surface area (Å²) in [6.07, 6.45) is 3.79. The maximum atomic E-state index is 4.41. The molecule has 1 nitrogen and oxygen atoms in total. The zero-order valence-electron chi connectivity index (χ0n) is 22.7. The van der Waals surface area contributed by atoms with E-state index in [-0.39, 0.29) is 10.8 Å². The summed E-state index contributed by atoms with van der Waals surface area (Å²) in [6.45, 7) is 4.75. The van der Waals surface area contributed by atoms with Gasteiger partial charge in [-0.05, 0) is 73.3 Å². The number of nitrogens with zero attached hydrogens (tertiary/aromatic N) is 1. The third-order valence-corrected chi connectivity index (χ3v) is 9.26. The molecule has 2 aliphatic carbocycles. The third-order valence-electron chi connectivity index (χ3n) is 9.26. The van der Waals surface area contributed by atoms with Crippen LogP contribution in [-0.2, 0) is 10.8 Å². The summed E-state index contributed by atoms with van der Waals surface area (Å²) in [5, 5.41) is 0. The van der Waals surface area contributed by atoms with Gasteiger partial charge in [0.1, 0.15) is 0 Å². The summed E-state index contributed by atoms with van der Waals surface area (Å²) in [5.74, 6) is 0. The highest BCUT2D eigenvalue weighted by Gasteiger charge is 2.53. The number of rotatable bonds is 2. The molecular formula is C39H29N. The van der Waals surface area contributed by atoms with Gasteiger partial charge in [-0.2, -0.15) is 0 Å². The molecule has 0 unspecified atom stereocenters. The molecule has 40 heavy (non-hydrogen) atoms. The summed E-state index contributed by atoms with van der Waals surface area (Å²) in [7, 11) is 0. The molecule has 1 heterocycles. The van der Waals surface area contributed by atoms with Crippen molar-refractivity contribution in [1.29, 1.82) is 0 Å². The van der Waals surface area contributed by atoms with Crippen LogP contribution < -0.4 is 0 Å². The van der Waals surface area contributed by atoms with Crippen LogP contribution in [0, 0.1) is 0 Å². The predicted octanol–water partition coefficient (Wildman–Crippen LogP) is 9.42. The van der Waals surface area contributed by atoms with Crippen LogP contribution in [0.2, 0.25) is 0 Å². The fourth-order valence-corrected chi connectivity index (χ4v) is 7.54. The Balaban J connectivity index is 1.48. The average molecular weight is 512 g/mol. The van der Waals surface area contributed by atoms with E-state index in [1.165, 1.54) is 61.2 Å². The first-order valence-electron chi connectivity index (χ1n) is 14.1. The molecule has 0 saturated heterocycles. The summed E-state index contributed by atoms with van der Waals surface area (Å²) < 4.78 is 0. The van der Waals surface area contributed by atoms with Gasteiger partial charge >= 0.3 is 0 Å². The lowest BCUT2D eigenvalue weighted by Gasteiger charge is -2.46. The van der Waals surface area contributed by atoms with Gasteiger partial charge in [0, 0.05) is 23.4 Å². The first-order chi connectivity index (χ1) is 19.6. The van der Waals surface area contributed by atoms with Gasteiger partial charge in [-0.25, -0.2) is 0 Å². The van der Waals surface area contributed by atoms with E-state index in [1.807, 2.05) is 18.5 Å². The second-order valence-electron chi connectivity index (χ2n) is 11.6. The van der Waals surface area contributed by atoms with Crippen LogP contribution in [-0.4, -0.2) is 4.98 Å². The van der Waals surface area contributed by atoms with Gasteiger partial charge in [0.05, 0.1) is 5.41 Å². The molecule has 6 aromatic rings. The number of hydrogen-bond acceptors (Lipinski definition) is 1. The lowest BCUT2D eigenvalue weighted by Crippen LogP contribution is -2.40. The van der Waals surface area contributed by atoms with Crippen LogP contribution in [0.1, 0.15) is 47.2 Å². The second kappa shape index (κ2) is 8.37. The molecule has 2 aliphatic rings. The lowest BCUT2D eigenvalue weighted by atomic mass is 9.55. The maximum absolute atomic E-state index is 4.41. The quantitative estimate of drug-likeness (QED) is 0.225. The Morgan fingerprint density at radius 2 is 0.950 bits per heavy atom. The molecule has 0 fully saturated rings. The molecule has 0 bridgehead atoms. The topological polar surface area (TPSA) is 12.9 Å². The van der Waals surface area contributed by atoms with Gasteiger partial charge in [-0.15, -0.1) is 0 Å². The monoisotopic (exact) mass is 511 g/mol. The van der Waals surface area contributed by atoms with Crippen molar-refractivity contribution in [1.82, 2.24) is 4.98 Å². The summed E-state index contributed by atoms with van der Waals surface area (Å²) in [5.41, 5.74) is 15.3. The summed E-state index contributed by atoms with van der Waals surface area (Å²) in [4.78, 5) is 4.41. The molecule has 1 aromatic heterocycles. The minimum atomic E-state index is -0.381. The molecule has 0 radical (unpaired) electrons. The number of fused-ring (bicyclic) bond motifs is 9.